The number of rotatable bonds is 5. The number of nitrogens with zero attached hydrogens (tertiary/aromatic N) is 1. The van der Waals surface area contributed by atoms with Crippen LogP contribution in [-0.4, -0.2) is 29.9 Å². The number of anilines is 2. The Morgan fingerprint density at radius 3 is 1.48 bits per heavy atom. The van der Waals surface area contributed by atoms with Gasteiger partial charge in [-0.1, -0.05) is 64.1 Å². The van der Waals surface area contributed by atoms with Gasteiger partial charge in [0.1, 0.15) is 11.6 Å². The van der Waals surface area contributed by atoms with Crippen LogP contribution in [-0.2, 0) is 44.3 Å². The second-order valence-electron chi connectivity index (χ2n) is 17.5. The van der Waals surface area contributed by atoms with E-state index in [2.05, 4.69) is 57.1 Å². The Morgan fingerprint density at radius 1 is 0.567 bits per heavy atom. The Balaban J connectivity index is 0.000000186. The summed E-state index contributed by atoms with van der Waals surface area (Å²) in [7, 11) is -2.90. The molecule has 0 bridgehead atoms. The summed E-state index contributed by atoms with van der Waals surface area (Å²) in [6.07, 6.45) is -7.16. The van der Waals surface area contributed by atoms with Crippen molar-refractivity contribution in [3.05, 3.63) is 164 Å². The fourth-order valence-corrected chi connectivity index (χ4v) is 10.5. The van der Waals surface area contributed by atoms with E-state index in [1.165, 1.54) is 58.4 Å². The number of hydrogen-bond donors (Lipinski definition) is 1. The summed E-state index contributed by atoms with van der Waals surface area (Å²) < 4.78 is 153. The SMILES string of the molecule is CC1(C)CNc2ccc(-c3ccc(C(F)(F)F)cc3)cc2C1.CC1(C)Cc2cc(-c3ccc(C(F)(F)F)cc3)ccc2N(S(=O)(=O)c2ccc(Br)c(F)c2)C1.O=S(=O)(Cl)c1ccc(Br)c(F)c1. The van der Waals surface area contributed by atoms with Crippen molar-refractivity contribution >= 4 is 73.0 Å². The summed E-state index contributed by atoms with van der Waals surface area (Å²) in [5.41, 5.74) is 5.04. The quantitative estimate of drug-likeness (QED) is 0.137. The lowest BCUT2D eigenvalue weighted by molar-refractivity contribution is -0.138. The Hall–Kier alpha value is -4.49. The summed E-state index contributed by atoms with van der Waals surface area (Å²) in [6.45, 7) is 9.41. The molecule has 2 heterocycles. The molecule has 0 fully saturated rings. The molecule has 356 valence electrons. The van der Waals surface area contributed by atoms with E-state index < -0.39 is 59.6 Å². The van der Waals surface area contributed by atoms with Crippen molar-refractivity contribution in [2.45, 2.75) is 62.7 Å². The minimum absolute atomic E-state index is 0.154. The second kappa shape index (κ2) is 19.5. The number of hydrogen-bond acceptors (Lipinski definition) is 5. The molecule has 8 rings (SSSR count). The monoisotopic (exact) mass is 1120 g/mol. The molecule has 0 aromatic heterocycles. The molecule has 0 spiro atoms. The molecular formula is C48H41Br2ClF8N2O4S2. The van der Waals surface area contributed by atoms with Crippen molar-refractivity contribution in [2.24, 2.45) is 10.8 Å². The van der Waals surface area contributed by atoms with Crippen LogP contribution in [0.15, 0.2) is 140 Å². The average molecular weight is 1120 g/mol. The lowest BCUT2D eigenvalue weighted by Gasteiger charge is -2.40. The number of nitrogens with one attached hydrogen (secondary N) is 1. The van der Waals surface area contributed by atoms with Gasteiger partial charge < -0.3 is 5.32 Å². The van der Waals surface area contributed by atoms with Crippen LogP contribution in [0.3, 0.4) is 0 Å². The maximum Gasteiger partial charge on any atom is 0.416 e. The predicted molar refractivity (Wildman–Crippen MR) is 253 cm³/mol. The standard InChI is InChI=1S/C24H20BrF4NO2S.C18H18F3N.C6H3BrClFO2S/c1-23(2)13-17-11-16(15-3-6-18(7-4-15)24(27,28)29)5-10-22(17)30(14-23)33(31,32)19-8-9-20(25)21(26)12-19;1-17(2)10-14-9-13(5-8-16(14)22-11-17)12-3-6-15(7-4-12)18(19,20)21;7-5-2-1-4(3-6(5)9)12(8,10)11/h3-12H,13-14H2,1-2H3;3-9,22H,10-11H2,1-2H3;1-3H. The average Bonchev–Trinajstić information content (AvgIpc) is 3.23. The highest BCUT2D eigenvalue weighted by Gasteiger charge is 2.38. The minimum Gasteiger partial charge on any atom is -0.384 e. The summed E-state index contributed by atoms with van der Waals surface area (Å²) >= 11 is 5.92. The molecular weight excluding hydrogens is 1080 g/mol. The third-order valence-electron chi connectivity index (χ3n) is 10.9. The van der Waals surface area contributed by atoms with Crippen LogP contribution < -0.4 is 9.62 Å². The first-order valence-electron chi connectivity index (χ1n) is 20.2. The van der Waals surface area contributed by atoms with Crippen LogP contribution >= 0.6 is 42.5 Å². The third kappa shape index (κ3) is 12.8. The first-order chi connectivity index (χ1) is 30.9. The summed E-state index contributed by atoms with van der Waals surface area (Å²) in [6, 6.07) is 28.4. The molecule has 2 aliphatic heterocycles. The van der Waals surface area contributed by atoms with Gasteiger partial charge in [0.05, 0.1) is 35.6 Å². The summed E-state index contributed by atoms with van der Waals surface area (Å²) in [5.74, 6) is -1.33. The molecule has 6 nitrogen and oxygen atoms in total. The maximum absolute atomic E-state index is 14.1. The maximum atomic E-state index is 14.1. The Bertz CT molecular complexity index is 3020. The van der Waals surface area contributed by atoms with E-state index in [1.807, 2.05) is 32.0 Å². The van der Waals surface area contributed by atoms with E-state index in [-0.39, 0.29) is 30.7 Å². The molecule has 0 atom stereocenters. The van der Waals surface area contributed by atoms with E-state index in [4.69, 9.17) is 10.7 Å². The fourth-order valence-electron chi connectivity index (χ4n) is 7.51. The number of alkyl halides is 6. The van der Waals surface area contributed by atoms with Crippen molar-refractivity contribution < 1.29 is 52.0 Å². The molecule has 0 radical (unpaired) electrons. The molecule has 6 aromatic carbocycles. The van der Waals surface area contributed by atoms with E-state index >= 15 is 0 Å². The Morgan fingerprint density at radius 2 is 1.00 bits per heavy atom. The van der Waals surface area contributed by atoms with E-state index in [0.717, 1.165) is 71.7 Å². The van der Waals surface area contributed by atoms with Gasteiger partial charge >= 0.3 is 12.4 Å². The van der Waals surface area contributed by atoms with E-state index in [9.17, 15) is 52.0 Å². The van der Waals surface area contributed by atoms with Gasteiger partial charge in [-0.2, -0.15) is 26.3 Å². The first kappa shape index (κ1) is 51.9. The van der Waals surface area contributed by atoms with Gasteiger partial charge in [0.2, 0.25) is 0 Å². The van der Waals surface area contributed by atoms with Crippen molar-refractivity contribution in [1.29, 1.82) is 0 Å². The topological polar surface area (TPSA) is 83.6 Å². The van der Waals surface area contributed by atoms with Crippen molar-refractivity contribution in [1.82, 2.24) is 0 Å². The zero-order valence-electron chi connectivity index (χ0n) is 35.9. The second-order valence-corrected chi connectivity index (χ2v) is 23.6. The van der Waals surface area contributed by atoms with Crippen LogP contribution in [0.25, 0.3) is 22.3 Å². The lowest BCUT2D eigenvalue weighted by Crippen LogP contribution is -2.44. The molecule has 6 aromatic rings. The van der Waals surface area contributed by atoms with E-state index in [0.29, 0.717) is 23.2 Å². The highest BCUT2D eigenvalue weighted by atomic mass is 79.9. The fraction of sp³-hybridized carbons (Fsp3) is 0.250. The number of fused-ring (bicyclic) bond motifs is 2. The molecule has 0 unspecified atom stereocenters. The van der Waals surface area contributed by atoms with Crippen LogP contribution in [0.4, 0.5) is 46.5 Å². The van der Waals surface area contributed by atoms with Crippen LogP contribution in [0.1, 0.15) is 49.9 Å². The van der Waals surface area contributed by atoms with Gasteiger partial charge in [0, 0.05) is 29.5 Å². The molecule has 67 heavy (non-hydrogen) atoms. The molecule has 0 saturated heterocycles. The molecule has 2 aliphatic rings. The zero-order chi connectivity index (χ0) is 49.5. The predicted octanol–water partition coefficient (Wildman–Crippen LogP) is 14.9. The van der Waals surface area contributed by atoms with Crippen LogP contribution in [0.2, 0.25) is 0 Å². The Kier molecular flexibility index (Phi) is 15.1. The number of sulfonamides is 1. The molecule has 19 heteroatoms. The highest BCUT2D eigenvalue weighted by molar-refractivity contribution is 9.10. The van der Waals surface area contributed by atoms with Gasteiger partial charge in [-0.15, -0.1) is 0 Å². The number of halogens is 11. The zero-order valence-corrected chi connectivity index (χ0v) is 41.5. The normalized spacial score (nSPS) is 15.4. The van der Waals surface area contributed by atoms with Gasteiger partial charge in [-0.25, -0.2) is 25.6 Å². The summed E-state index contributed by atoms with van der Waals surface area (Å²) in [5, 5.41) is 3.41. The largest absolute Gasteiger partial charge is 0.416 e. The molecule has 0 saturated carbocycles. The van der Waals surface area contributed by atoms with Crippen molar-refractivity contribution in [2.75, 3.05) is 22.7 Å². The highest BCUT2D eigenvalue weighted by Crippen LogP contribution is 2.42. The van der Waals surface area contributed by atoms with E-state index in [1.54, 1.807) is 12.1 Å². The minimum atomic E-state index is -4.42. The smallest absolute Gasteiger partial charge is 0.384 e. The van der Waals surface area contributed by atoms with Crippen LogP contribution in [0.5, 0.6) is 0 Å². The molecule has 1 N–H and O–H groups in total. The Labute approximate surface area is 405 Å². The first-order valence-corrected chi connectivity index (χ1v) is 25.5. The van der Waals surface area contributed by atoms with Gasteiger partial charge in [-0.05, 0) is 174 Å². The molecule has 0 amide bonds. The third-order valence-corrected chi connectivity index (χ3v) is 15.3. The van der Waals surface area contributed by atoms with Crippen LogP contribution in [0, 0.1) is 22.5 Å². The van der Waals surface area contributed by atoms with Gasteiger partial charge in [0.25, 0.3) is 19.1 Å². The van der Waals surface area contributed by atoms with Crippen molar-refractivity contribution in [3.63, 3.8) is 0 Å². The lowest BCUT2D eigenvalue weighted by atomic mass is 9.81. The molecule has 0 aliphatic carbocycles. The number of benzene rings is 6. The van der Waals surface area contributed by atoms with Gasteiger partial charge in [-0.3, -0.25) is 4.31 Å². The van der Waals surface area contributed by atoms with Gasteiger partial charge in [0.15, 0.2) is 0 Å². The van der Waals surface area contributed by atoms with Crippen molar-refractivity contribution in [3.8, 4) is 22.3 Å². The summed E-state index contributed by atoms with van der Waals surface area (Å²) in [4.78, 5) is -0.400.